The molecule has 21 heavy (non-hydrogen) atoms. The fourth-order valence-corrected chi connectivity index (χ4v) is 2.20. The van der Waals surface area contributed by atoms with E-state index < -0.39 is 5.82 Å². The van der Waals surface area contributed by atoms with Crippen LogP contribution in [0.15, 0.2) is 47.4 Å². The lowest BCUT2D eigenvalue weighted by Gasteiger charge is -2.06. The van der Waals surface area contributed by atoms with Crippen LogP contribution in [-0.4, -0.2) is 9.97 Å². The maximum atomic E-state index is 12.8. The van der Waals surface area contributed by atoms with Gasteiger partial charge in [0.1, 0.15) is 11.6 Å². The molecule has 2 N–H and O–H groups in total. The van der Waals surface area contributed by atoms with Gasteiger partial charge >= 0.3 is 0 Å². The van der Waals surface area contributed by atoms with E-state index in [2.05, 4.69) is 15.3 Å². The van der Waals surface area contributed by atoms with Gasteiger partial charge in [-0.2, -0.15) is 0 Å². The van der Waals surface area contributed by atoms with Crippen molar-refractivity contribution < 1.29 is 4.39 Å². The minimum Gasteiger partial charge on any atom is -0.366 e. The summed E-state index contributed by atoms with van der Waals surface area (Å²) in [5.41, 5.74) is 1.10. The normalized spacial score (nSPS) is 10.8. The van der Waals surface area contributed by atoms with Crippen LogP contribution in [0.2, 0.25) is 5.02 Å². The number of nitrogens with one attached hydrogen (secondary N) is 2. The first kappa shape index (κ1) is 13.6. The first-order chi connectivity index (χ1) is 10.1. The summed E-state index contributed by atoms with van der Waals surface area (Å²) in [5, 5.41) is 4.44. The summed E-state index contributed by atoms with van der Waals surface area (Å²) in [6.45, 7) is 0.288. The molecule has 106 valence electrons. The standard InChI is InChI=1S/C15H11ClFN3O/c16-11-1-3-13-9(6-11)5-10(15(21)20-13)7-18-14-4-2-12(17)8-19-14/h1-6,8H,7H2,(H,18,19)(H,20,21). The molecule has 0 saturated carbocycles. The Kier molecular flexibility index (Phi) is 3.58. The molecule has 0 aliphatic carbocycles. The highest BCUT2D eigenvalue weighted by molar-refractivity contribution is 6.31. The van der Waals surface area contributed by atoms with Gasteiger partial charge in [-0.15, -0.1) is 0 Å². The van der Waals surface area contributed by atoms with E-state index in [0.717, 1.165) is 17.1 Å². The third-order valence-corrected chi connectivity index (χ3v) is 3.31. The van der Waals surface area contributed by atoms with E-state index in [0.29, 0.717) is 16.4 Å². The molecule has 2 heterocycles. The van der Waals surface area contributed by atoms with Gasteiger partial charge in [-0.05, 0) is 36.4 Å². The summed E-state index contributed by atoms with van der Waals surface area (Å²) in [7, 11) is 0. The predicted octanol–water partition coefficient (Wildman–Crippen LogP) is 3.33. The number of fused-ring (bicyclic) bond motifs is 1. The van der Waals surface area contributed by atoms with Gasteiger partial charge in [0.15, 0.2) is 0 Å². The number of pyridine rings is 2. The minimum atomic E-state index is -0.404. The van der Waals surface area contributed by atoms with Gasteiger partial charge in [0, 0.05) is 28.0 Å². The molecule has 0 atom stereocenters. The Morgan fingerprint density at radius 1 is 1.24 bits per heavy atom. The molecule has 6 heteroatoms. The zero-order chi connectivity index (χ0) is 14.8. The highest BCUT2D eigenvalue weighted by Gasteiger charge is 2.04. The quantitative estimate of drug-likeness (QED) is 0.780. The van der Waals surface area contributed by atoms with Crippen molar-refractivity contribution in [1.29, 1.82) is 0 Å². The van der Waals surface area contributed by atoms with E-state index in [1.165, 1.54) is 12.1 Å². The number of aromatic nitrogens is 2. The Balaban J connectivity index is 1.87. The topological polar surface area (TPSA) is 57.8 Å². The molecular formula is C15H11ClFN3O. The van der Waals surface area contributed by atoms with Crippen molar-refractivity contribution in [2.24, 2.45) is 0 Å². The molecule has 1 aromatic carbocycles. The smallest absolute Gasteiger partial charge is 0.253 e. The van der Waals surface area contributed by atoms with Gasteiger partial charge in [-0.3, -0.25) is 4.79 Å². The second kappa shape index (κ2) is 5.54. The lowest BCUT2D eigenvalue weighted by Crippen LogP contribution is -2.15. The summed E-state index contributed by atoms with van der Waals surface area (Å²) in [6.07, 6.45) is 1.12. The van der Waals surface area contributed by atoms with Crippen LogP contribution in [-0.2, 0) is 6.54 Å². The molecular weight excluding hydrogens is 293 g/mol. The van der Waals surface area contributed by atoms with Crippen LogP contribution in [0, 0.1) is 5.82 Å². The van der Waals surface area contributed by atoms with Crippen LogP contribution in [0.25, 0.3) is 10.9 Å². The van der Waals surface area contributed by atoms with Gasteiger partial charge in [-0.25, -0.2) is 9.37 Å². The fourth-order valence-electron chi connectivity index (χ4n) is 2.02. The summed E-state index contributed by atoms with van der Waals surface area (Å²) in [4.78, 5) is 18.7. The van der Waals surface area contributed by atoms with Crippen LogP contribution < -0.4 is 10.9 Å². The van der Waals surface area contributed by atoms with Crippen molar-refractivity contribution in [2.45, 2.75) is 6.54 Å². The van der Waals surface area contributed by atoms with Crippen LogP contribution >= 0.6 is 11.6 Å². The van der Waals surface area contributed by atoms with Gasteiger partial charge in [0.25, 0.3) is 5.56 Å². The second-order valence-corrected chi connectivity index (χ2v) is 5.01. The molecule has 0 radical (unpaired) electrons. The number of hydrogen-bond donors (Lipinski definition) is 2. The SMILES string of the molecule is O=c1[nH]c2ccc(Cl)cc2cc1CNc1ccc(F)cn1. The third-order valence-electron chi connectivity index (χ3n) is 3.07. The van der Waals surface area contributed by atoms with E-state index in [-0.39, 0.29) is 12.1 Å². The molecule has 0 spiro atoms. The predicted molar refractivity (Wildman–Crippen MR) is 81.1 cm³/mol. The van der Waals surface area contributed by atoms with Gasteiger partial charge in [-0.1, -0.05) is 11.6 Å². The van der Waals surface area contributed by atoms with E-state index in [9.17, 15) is 9.18 Å². The average molecular weight is 304 g/mol. The molecule has 0 unspecified atom stereocenters. The summed E-state index contributed by atoms with van der Waals surface area (Å²) >= 11 is 5.95. The maximum absolute atomic E-state index is 12.8. The number of H-pyrrole nitrogens is 1. The second-order valence-electron chi connectivity index (χ2n) is 4.57. The molecule has 0 fully saturated rings. The summed E-state index contributed by atoms with van der Waals surface area (Å²) < 4.78 is 12.8. The first-order valence-corrected chi connectivity index (χ1v) is 6.66. The van der Waals surface area contributed by atoms with E-state index in [1.54, 1.807) is 24.3 Å². The highest BCUT2D eigenvalue weighted by Crippen LogP contribution is 2.17. The Morgan fingerprint density at radius 3 is 2.86 bits per heavy atom. The van der Waals surface area contributed by atoms with Crippen molar-refractivity contribution in [2.75, 3.05) is 5.32 Å². The number of aromatic amines is 1. The van der Waals surface area contributed by atoms with Crippen molar-refractivity contribution in [3.05, 3.63) is 69.4 Å². The number of hydrogen-bond acceptors (Lipinski definition) is 3. The molecule has 0 aliphatic heterocycles. The zero-order valence-corrected chi connectivity index (χ0v) is 11.6. The average Bonchev–Trinajstić information content (AvgIpc) is 2.47. The number of halogens is 2. The molecule has 3 aromatic rings. The molecule has 2 aromatic heterocycles. The number of benzene rings is 1. The van der Waals surface area contributed by atoms with Crippen molar-refractivity contribution in [3.8, 4) is 0 Å². The Labute approximate surface area is 124 Å². The molecule has 0 saturated heterocycles. The lowest BCUT2D eigenvalue weighted by molar-refractivity contribution is 0.621. The Hall–Kier alpha value is -2.40. The Morgan fingerprint density at radius 2 is 2.10 bits per heavy atom. The maximum Gasteiger partial charge on any atom is 0.253 e. The lowest BCUT2D eigenvalue weighted by atomic mass is 10.1. The largest absolute Gasteiger partial charge is 0.366 e. The fraction of sp³-hybridized carbons (Fsp3) is 0.0667. The van der Waals surface area contributed by atoms with Gasteiger partial charge in [0.05, 0.1) is 6.20 Å². The monoisotopic (exact) mass is 303 g/mol. The zero-order valence-electron chi connectivity index (χ0n) is 10.9. The molecule has 4 nitrogen and oxygen atoms in total. The van der Waals surface area contributed by atoms with E-state index in [4.69, 9.17) is 11.6 Å². The van der Waals surface area contributed by atoms with Gasteiger partial charge in [0.2, 0.25) is 0 Å². The third kappa shape index (κ3) is 3.03. The molecule has 0 bridgehead atoms. The number of anilines is 1. The highest BCUT2D eigenvalue weighted by atomic mass is 35.5. The number of nitrogens with zero attached hydrogens (tertiary/aromatic N) is 1. The molecule has 0 aliphatic rings. The Bertz CT molecular complexity index is 846. The molecule has 3 rings (SSSR count). The number of rotatable bonds is 3. The minimum absolute atomic E-state index is 0.181. The van der Waals surface area contributed by atoms with Crippen molar-refractivity contribution in [3.63, 3.8) is 0 Å². The van der Waals surface area contributed by atoms with Gasteiger partial charge < -0.3 is 10.3 Å². The van der Waals surface area contributed by atoms with E-state index in [1.807, 2.05) is 0 Å². The van der Waals surface area contributed by atoms with Crippen LogP contribution in [0.5, 0.6) is 0 Å². The van der Waals surface area contributed by atoms with Crippen molar-refractivity contribution >= 4 is 28.3 Å². The van der Waals surface area contributed by atoms with Crippen LogP contribution in [0.1, 0.15) is 5.56 Å². The van der Waals surface area contributed by atoms with Crippen LogP contribution in [0.3, 0.4) is 0 Å². The summed E-state index contributed by atoms with van der Waals surface area (Å²) in [5.74, 6) is 0.0979. The van der Waals surface area contributed by atoms with Crippen molar-refractivity contribution in [1.82, 2.24) is 9.97 Å². The van der Waals surface area contributed by atoms with E-state index >= 15 is 0 Å². The first-order valence-electron chi connectivity index (χ1n) is 6.29. The summed E-state index contributed by atoms with van der Waals surface area (Å²) in [6, 6.07) is 9.86. The molecule has 0 amide bonds. The van der Waals surface area contributed by atoms with Crippen LogP contribution in [0.4, 0.5) is 10.2 Å².